The molecule has 0 aliphatic rings. The van der Waals surface area contributed by atoms with E-state index in [1.54, 1.807) is 6.92 Å². The van der Waals surface area contributed by atoms with E-state index in [-0.39, 0.29) is 15.5 Å². The maximum absolute atomic E-state index is 13.0. The molecule has 0 saturated heterocycles. The number of fused-ring (bicyclic) bond motifs is 1. The third-order valence-corrected chi connectivity index (χ3v) is 5.40. The van der Waals surface area contributed by atoms with E-state index in [1.807, 2.05) is 0 Å². The molecule has 0 bridgehead atoms. The van der Waals surface area contributed by atoms with Crippen molar-refractivity contribution < 1.29 is 17.2 Å². The zero-order valence-corrected chi connectivity index (χ0v) is 15.0. The first kappa shape index (κ1) is 18.0. The molecule has 0 N–H and O–H groups in total. The predicted molar refractivity (Wildman–Crippen MR) is 92.7 cm³/mol. The van der Waals surface area contributed by atoms with Crippen LogP contribution in [0.4, 0.5) is 8.78 Å². The highest BCUT2D eigenvalue weighted by Gasteiger charge is 2.18. The Hall–Kier alpha value is -1.83. The van der Waals surface area contributed by atoms with Crippen LogP contribution in [0, 0.1) is 6.92 Å². The molecule has 0 aliphatic heterocycles. The van der Waals surface area contributed by atoms with E-state index in [0.29, 0.717) is 27.7 Å². The van der Waals surface area contributed by atoms with Crippen LogP contribution in [0.15, 0.2) is 41.6 Å². The lowest BCUT2D eigenvalue weighted by molar-refractivity contribution is 0.151. The van der Waals surface area contributed by atoms with Crippen LogP contribution in [0.25, 0.3) is 22.2 Å². The van der Waals surface area contributed by atoms with Crippen molar-refractivity contribution in [3.8, 4) is 11.3 Å². The summed E-state index contributed by atoms with van der Waals surface area (Å²) in [6, 6.07) is 6.92. The highest BCUT2D eigenvalue weighted by Crippen LogP contribution is 2.36. The number of halogens is 4. The average Bonchev–Trinajstić information content (AvgIpc) is 2.54. The second-order valence-electron chi connectivity index (χ2n) is 5.33. The summed E-state index contributed by atoms with van der Waals surface area (Å²) in [5.41, 5.74) is 1.69. The van der Waals surface area contributed by atoms with Crippen LogP contribution in [0.1, 0.15) is 17.6 Å². The Labute approximate surface area is 151 Å². The maximum Gasteiger partial charge on any atom is 0.265 e. The fourth-order valence-corrected chi connectivity index (χ4v) is 3.55. The predicted octanol–water partition coefficient (Wildman–Crippen LogP) is 5.12. The van der Waals surface area contributed by atoms with Crippen LogP contribution in [0.3, 0.4) is 0 Å². The third kappa shape index (κ3) is 3.44. The number of nitrogens with zero attached hydrogens (tertiary/aromatic N) is 2. The molecule has 0 aliphatic carbocycles. The van der Waals surface area contributed by atoms with Crippen LogP contribution in [-0.2, 0) is 9.05 Å². The Balaban J connectivity index is 2.25. The van der Waals surface area contributed by atoms with Gasteiger partial charge < -0.3 is 0 Å². The van der Waals surface area contributed by atoms with Crippen molar-refractivity contribution in [2.75, 3.05) is 0 Å². The smallest absolute Gasteiger partial charge is 0.236 e. The second-order valence-corrected chi connectivity index (χ2v) is 8.30. The molecule has 9 heteroatoms. The number of hydrogen-bond donors (Lipinski definition) is 0. The lowest BCUT2D eigenvalue weighted by Gasteiger charge is -2.12. The Morgan fingerprint density at radius 3 is 2.48 bits per heavy atom. The van der Waals surface area contributed by atoms with E-state index in [1.165, 1.54) is 36.7 Å². The van der Waals surface area contributed by atoms with Gasteiger partial charge in [-0.15, -0.1) is 0 Å². The van der Waals surface area contributed by atoms with Gasteiger partial charge in [0.15, 0.2) is 0 Å². The van der Waals surface area contributed by atoms with E-state index >= 15 is 0 Å². The van der Waals surface area contributed by atoms with E-state index in [9.17, 15) is 17.2 Å². The number of rotatable bonds is 3. The molecule has 0 spiro atoms. The largest absolute Gasteiger partial charge is 0.265 e. The average molecular weight is 403 g/mol. The molecule has 0 atom stereocenters. The quantitative estimate of drug-likeness (QED) is 0.570. The van der Waals surface area contributed by atoms with Gasteiger partial charge in [0.2, 0.25) is 0 Å². The van der Waals surface area contributed by atoms with E-state index in [2.05, 4.69) is 9.97 Å². The van der Waals surface area contributed by atoms with Gasteiger partial charge >= 0.3 is 0 Å². The monoisotopic (exact) mass is 402 g/mol. The van der Waals surface area contributed by atoms with Gasteiger partial charge in [0.25, 0.3) is 15.5 Å². The van der Waals surface area contributed by atoms with Gasteiger partial charge in [-0.25, -0.2) is 27.2 Å². The van der Waals surface area contributed by atoms with Crippen LogP contribution < -0.4 is 0 Å². The van der Waals surface area contributed by atoms with Crippen molar-refractivity contribution in [1.82, 2.24) is 9.97 Å². The first-order valence-corrected chi connectivity index (χ1v) is 9.65. The lowest BCUT2D eigenvalue weighted by atomic mass is 9.99. The summed E-state index contributed by atoms with van der Waals surface area (Å²) < 4.78 is 48.9. The standard InChI is InChI=1S/C16H10Cl2F2N2O2S/c1-8-4-12(16(19)20)13(17)6-11(8)15-10-3-2-9(25(18,23)24)5-14(10)21-7-22-15/h2-7,16H,1H3. The van der Waals surface area contributed by atoms with Gasteiger partial charge in [0.05, 0.1) is 21.1 Å². The van der Waals surface area contributed by atoms with Gasteiger partial charge in [0, 0.05) is 27.2 Å². The molecule has 2 aromatic carbocycles. The first-order chi connectivity index (χ1) is 11.7. The van der Waals surface area contributed by atoms with Crippen molar-refractivity contribution in [2.45, 2.75) is 18.2 Å². The number of hydrogen-bond acceptors (Lipinski definition) is 4. The van der Waals surface area contributed by atoms with Gasteiger partial charge in [-0.2, -0.15) is 0 Å². The Morgan fingerprint density at radius 2 is 1.84 bits per heavy atom. The lowest BCUT2D eigenvalue weighted by Crippen LogP contribution is -1.96. The molecule has 0 amide bonds. The molecular formula is C16H10Cl2F2N2O2S. The molecule has 0 unspecified atom stereocenters. The molecule has 3 rings (SSSR count). The first-order valence-electron chi connectivity index (χ1n) is 6.96. The van der Waals surface area contributed by atoms with Gasteiger partial charge in [0.1, 0.15) is 6.33 Å². The zero-order chi connectivity index (χ0) is 18.4. The molecule has 1 aromatic heterocycles. The molecule has 25 heavy (non-hydrogen) atoms. The topological polar surface area (TPSA) is 59.9 Å². The molecular weight excluding hydrogens is 393 g/mol. The summed E-state index contributed by atoms with van der Waals surface area (Å²) in [4.78, 5) is 8.17. The van der Waals surface area contributed by atoms with E-state index < -0.39 is 15.5 Å². The molecule has 0 radical (unpaired) electrons. The van der Waals surface area contributed by atoms with Gasteiger partial charge in [-0.1, -0.05) is 11.6 Å². The van der Waals surface area contributed by atoms with Crippen LogP contribution in [0.2, 0.25) is 5.02 Å². The minimum absolute atomic E-state index is 0.0673. The molecule has 4 nitrogen and oxygen atoms in total. The number of aryl methyl sites for hydroxylation is 1. The minimum Gasteiger partial charge on any atom is -0.236 e. The molecule has 130 valence electrons. The SMILES string of the molecule is Cc1cc(C(F)F)c(Cl)cc1-c1ncnc2cc(S(=O)(=O)Cl)ccc12. The molecule has 3 aromatic rings. The maximum atomic E-state index is 13.0. The summed E-state index contributed by atoms with van der Waals surface area (Å²) >= 11 is 5.96. The van der Waals surface area contributed by atoms with Crippen molar-refractivity contribution >= 4 is 42.2 Å². The van der Waals surface area contributed by atoms with Gasteiger partial charge in [-0.05, 0) is 42.8 Å². The van der Waals surface area contributed by atoms with Crippen molar-refractivity contribution in [3.05, 3.63) is 52.8 Å². The fourth-order valence-electron chi connectivity index (χ4n) is 2.53. The highest BCUT2D eigenvalue weighted by molar-refractivity contribution is 8.13. The highest BCUT2D eigenvalue weighted by atomic mass is 35.7. The van der Waals surface area contributed by atoms with Crippen molar-refractivity contribution in [3.63, 3.8) is 0 Å². The Bertz CT molecular complexity index is 1090. The summed E-state index contributed by atoms with van der Waals surface area (Å²) in [6.07, 6.45) is -1.42. The third-order valence-electron chi connectivity index (χ3n) is 3.72. The molecule has 0 saturated carbocycles. The summed E-state index contributed by atoms with van der Waals surface area (Å²) in [5, 5.41) is 0.484. The summed E-state index contributed by atoms with van der Waals surface area (Å²) in [7, 11) is 1.45. The fraction of sp³-hybridized carbons (Fsp3) is 0.125. The number of benzene rings is 2. The number of aromatic nitrogens is 2. The minimum atomic E-state index is -3.89. The van der Waals surface area contributed by atoms with Crippen molar-refractivity contribution in [1.29, 1.82) is 0 Å². The second kappa shape index (κ2) is 6.48. The normalized spacial score (nSPS) is 12.1. The number of alkyl halides is 2. The van der Waals surface area contributed by atoms with Crippen molar-refractivity contribution in [2.24, 2.45) is 0 Å². The van der Waals surface area contributed by atoms with Crippen LogP contribution in [-0.4, -0.2) is 18.4 Å². The van der Waals surface area contributed by atoms with Crippen LogP contribution >= 0.6 is 22.3 Å². The van der Waals surface area contributed by atoms with E-state index in [0.717, 1.165) is 0 Å². The zero-order valence-electron chi connectivity index (χ0n) is 12.7. The van der Waals surface area contributed by atoms with Crippen LogP contribution in [0.5, 0.6) is 0 Å². The summed E-state index contributed by atoms with van der Waals surface area (Å²) in [6.45, 7) is 1.67. The van der Waals surface area contributed by atoms with Gasteiger partial charge in [-0.3, -0.25) is 0 Å². The Morgan fingerprint density at radius 1 is 1.12 bits per heavy atom. The Kier molecular flexibility index (Phi) is 4.66. The van der Waals surface area contributed by atoms with E-state index in [4.69, 9.17) is 22.3 Å². The molecule has 0 fully saturated rings. The summed E-state index contributed by atoms with van der Waals surface area (Å²) in [5.74, 6) is 0. The molecule has 1 heterocycles.